The molecule has 0 amide bonds. The lowest BCUT2D eigenvalue weighted by atomic mass is 10.1. The summed E-state index contributed by atoms with van der Waals surface area (Å²) >= 11 is 12.0. The van der Waals surface area contributed by atoms with Gasteiger partial charge in [-0.05, 0) is 24.3 Å². The molecule has 0 bridgehead atoms. The van der Waals surface area contributed by atoms with Crippen LogP contribution in [0.4, 0.5) is 38.1 Å². The Morgan fingerprint density at radius 2 is 1.56 bits per heavy atom. The average molecular weight is 502 g/mol. The zero-order chi connectivity index (χ0) is 24.4. The number of fused-ring (bicyclic) bond motifs is 1. The number of carboxylic acids is 1. The van der Waals surface area contributed by atoms with Crippen LogP contribution in [0.1, 0.15) is 5.56 Å². The van der Waals surface area contributed by atoms with Gasteiger partial charge in [0.25, 0.3) is 0 Å². The highest BCUT2D eigenvalue weighted by Gasteiger charge is 2.38. The molecular formula is C17H11Cl2F6N5O2. The van der Waals surface area contributed by atoms with Crippen LogP contribution in [0.2, 0.25) is 10.0 Å². The van der Waals surface area contributed by atoms with E-state index in [4.69, 9.17) is 38.8 Å². The SMILES string of the molecule is CNc1nc(N)nc2nc(-c3c(Cl)cc(C(F)(F)F)cc3Cl)ccc12.O=C(O)C(F)(F)F. The number of nitrogen functional groups attached to an aromatic ring is 1. The van der Waals surface area contributed by atoms with E-state index < -0.39 is 23.9 Å². The maximum atomic E-state index is 12.8. The Morgan fingerprint density at radius 3 is 2.00 bits per heavy atom. The van der Waals surface area contributed by atoms with E-state index in [1.54, 1.807) is 19.2 Å². The largest absolute Gasteiger partial charge is 0.490 e. The van der Waals surface area contributed by atoms with Gasteiger partial charge in [-0.3, -0.25) is 0 Å². The first-order chi connectivity index (χ1) is 14.6. The predicted molar refractivity (Wildman–Crippen MR) is 105 cm³/mol. The Morgan fingerprint density at radius 1 is 1.03 bits per heavy atom. The molecule has 15 heteroatoms. The first-order valence-electron chi connectivity index (χ1n) is 8.14. The average Bonchev–Trinajstić information content (AvgIpc) is 2.65. The van der Waals surface area contributed by atoms with E-state index >= 15 is 0 Å². The Balaban J connectivity index is 0.000000451. The van der Waals surface area contributed by atoms with Gasteiger partial charge in [-0.25, -0.2) is 9.78 Å². The first kappa shape index (κ1) is 25.2. The fourth-order valence-corrected chi connectivity index (χ4v) is 3.02. The summed E-state index contributed by atoms with van der Waals surface area (Å²) in [6.07, 6.45) is -9.63. The van der Waals surface area contributed by atoms with Gasteiger partial charge in [-0.2, -0.15) is 36.3 Å². The van der Waals surface area contributed by atoms with Crippen molar-refractivity contribution in [3.05, 3.63) is 39.9 Å². The number of halogens is 8. The normalized spacial score (nSPS) is 11.7. The van der Waals surface area contributed by atoms with E-state index in [1.807, 2.05) is 0 Å². The van der Waals surface area contributed by atoms with E-state index in [9.17, 15) is 26.3 Å². The summed E-state index contributed by atoms with van der Waals surface area (Å²) in [7, 11) is 1.67. The fourth-order valence-electron chi connectivity index (χ4n) is 2.34. The number of carbonyl (C=O) groups is 1. The summed E-state index contributed by atoms with van der Waals surface area (Å²) in [6, 6.07) is 4.85. The molecule has 0 aliphatic carbocycles. The van der Waals surface area contributed by atoms with Crippen LogP contribution in [0.15, 0.2) is 24.3 Å². The second-order valence-electron chi connectivity index (χ2n) is 5.86. The highest BCUT2D eigenvalue weighted by molar-refractivity contribution is 6.39. The molecule has 172 valence electrons. The molecule has 3 rings (SSSR count). The number of nitrogens with two attached hydrogens (primary N) is 1. The number of nitrogens with zero attached hydrogens (tertiary/aromatic N) is 3. The zero-order valence-electron chi connectivity index (χ0n) is 15.6. The van der Waals surface area contributed by atoms with Gasteiger partial charge in [-0.1, -0.05) is 23.2 Å². The van der Waals surface area contributed by atoms with Crippen molar-refractivity contribution >= 4 is 52.0 Å². The van der Waals surface area contributed by atoms with Crippen molar-refractivity contribution in [1.29, 1.82) is 0 Å². The van der Waals surface area contributed by atoms with Crippen molar-refractivity contribution in [3.63, 3.8) is 0 Å². The van der Waals surface area contributed by atoms with Gasteiger partial charge in [0.05, 0.1) is 26.7 Å². The Bertz CT molecular complexity index is 1150. The second-order valence-corrected chi connectivity index (χ2v) is 6.68. The van der Waals surface area contributed by atoms with Gasteiger partial charge < -0.3 is 16.2 Å². The topological polar surface area (TPSA) is 114 Å². The monoisotopic (exact) mass is 501 g/mol. The molecule has 32 heavy (non-hydrogen) atoms. The fraction of sp³-hybridized carbons (Fsp3) is 0.176. The smallest absolute Gasteiger partial charge is 0.475 e. The van der Waals surface area contributed by atoms with Crippen LogP contribution in [-0.2, 0) is 11.0 Å². The van der Waals surface area contributed by atoms with Gasteiger partial charge in [0.15, 0.2) is 5.65 Å². The molecule has 4 N–H and O–H groups in total. The highest BCUT2D eigenvalue weighted by Crippen LogP contribution is 2.40. The number of rotatable bonds is 2. The Hall–Kier alpha value is -3.06. The quantitative estimate of drug-likeness (QED) is 0.409. The second kappa shape index (κ2) is 9.20. The summed E-state index contributed by atoms with van der Waals surface area (Å²) in [4.78, 5) is 21.3. The van der Waals surface area contributed by atoms with Crippen LogP contribution in [-0.4, -0.2) is 39.3 Å². The molecule has 0 unspecified atom stereocenters. The first-order valence-corrected chi connectivity index (χ1v) is 8.89. The minimum Gasteiger partial charge on any atom is -0.475 e. The van der Waals surface area contributed by atoms with Crippen molar-refractivity contribution in [3.8, 4) is 11.3 Å². The summed E-state index contributed by atoms with van der Waals surface area (Å²) in [6.45, 7) is 0. The third-order valence-electron chi connectivity index (χ3n) is 3.68. The molecule has 1 aromatic carbocycles. The number of benzene rings is 1. The Labute approximate surface area is 185 Å². The zero-order valence-corrected chi connectivity index (χ0v) is 17.1. The summed E-state index contributed by atoms with van der Waals surface area (Å²) in [5, 5.41) is 10.3. The maximum Gasteiger partial charge on any atom is 0.490 e. The molecule has 0 saturated carbocycles. The number of carboxylic acid groups (broad SMARTS) is 1. The minimum absolute atomic E-state index is 0.00566. The van der Waals surface area contributed by atoms with E-state index in [0.717, 1.165) is 12.1 Å². The van der Waals surface area contributed by atoms with Gasteiger partial charge in [0, 0.05) is 12.6 Å². The Kier molecular flexibility index (Phi) is 7.25. The molecular weight excluding hydrogens is 491 g/mol. The van der Waals surface area contributed by atoms with Crippen LogP contribution >= 0.6 is 23.2 Å². The van der Waals surface area contributed by atoms with E-state index in [-0.39, 0.29) is 32.9 Å². The molecule has 3 aromatic rings. The van der Waals surface area contributed by atoms with Crippen LogP contribution in [0.3, 0.4) is 0 Å². The third-order valence-corrected chi connectivity index (χ3v) is 4.28. The number of aliphatic carboxylic acids is 1. The van der Waals surface area contributed by atoms with Crippen molar-refractivity contribution in [2.24, 2.45) is 0 Å². The third kappa shape index (κ3) is 5.79. The molecule has 2 aromatic heterocycles. The molecule has 0 spiro atoms. The van der Waals surface area contributed by atoms with Gasteiger partial charge in [0.2, 0.25) is 5.95 Å². The summed E-state index contributed by atoms with van der Waals surface area (Å²) in [5.74, 6) is -2.27. The molecule has 7 nitrogen and oxygen atoms in total. The molecule has 2 heterocycles. The number of aromatic nitrogens is 3. The van der Waals surface area contributed by atoms with E-state index in [0.29, 0.717) is 11.2 Å². The van der Waals surface area contributed by atoms with Crippen LogP contribution in [0.5, 0.6) is 0 Å². The van der Waals surface area contributed by atoms with Gasteiger partial charge in [-0.15, -0.1) is 0 Å². The van der Waals surface area contributed by atoms with Crippen molar-refractivity contribution in [1.82, 2.24) is 15.0 Å². The predicted octanol–water partition coefficient (Wildman–Crippen LogP) is 5.27. The molecule has 0 aliphatic rings. The number of alkyl halides is 6. The van der Waals surface area contributed by atoms with Crippen molar-refractivity contribution in [2.75, 3.05) is 18.1 Å². The number of anilines is 2. The van der Waals surface area contributed by atoms with Gasteiger partial charge >= 0.3 is 18.3 Å². The molecule has 0 aliphatic heterocycles. The van der Waals surface area contributed by atoms with Crippen LogP contribution < -0.4 is 11.1 Å². The standard InChI is InChI=1S/C15H10Cl2F3N5.C2HF3O2/c1-22-12-7-2-3-10(23-13(7)25-14(21)24-12)11-8(16)4-6(5-9(11)17)15(18,19)20;3-2(4,5)1(6)7/h2-5H,1H3,(H3,21,22,23,24,25);(H,6,7). The summed E-state index contributed by atoms with van der Waals surface area (Å²) < 4.78 is 70.3. The lowest BCUT2D eigenvalue weighted by Gasteiger charge is -2.13. The molecule has 0 saturated heterocycles. The van der Waals surface area contributed by atoms with Crippen LogP contribution in [0.25, 0.3) is 22.3 Å². The lowest BCUT2D eigenvalue weighted by Crippen LogP contribution is -2.21. The highest BCUT2D eigenvalue weighted by atomic mass is 35.5. The van der Waals surface area contributed by atoms with Crippen molar-refractivity contribution < 1.29 is 36.2 Å². The summed E-state index contributed by atoms with van der Waals surface area (Å²) in [5.41, 5.74) is 5.42. The number of nitrogens with one attached hydrogen (secondary N) is 1. The molecule has 0 fully saturated rings. The van der Waals surface area contributed by atoms with E-state index in [2.05, 4.69) is 20.3 Å². The molecule has 0 atom stereocenters. The van der Waals surface area contributed by atoms with Crippen molar-refractivity contribution in [2.45, 2.75) is 12.4 Å². The van der Waals surface area contributed by atoms with Crippen LogP contribution in [0, 0.1) is 0 Å². The number of hydrogen-bond acceptors (Lipinski definition) is 6. The molecule has 0 radical (unpaired) electrons. The maximum absolute atomic E-state index is 12.8. The minimum atomic E-state index is -5.08. The lowest BCUT2D eigenvalue weighted by molar-refractivity contribution is -0.192. The number of hydrogen-bond donors (Lipinski definition) is 3. The number of pyridine rings is 1. The van der Waals surface area contributed by atoms with Gasteiger partial charge in [0.1, 0.15) is 5.82 Å². The van der Waals surface area contributed by atoms with E-state index in [1.165, 1.54) is 0 Å².